The average molecular weight is 261 g/mol. The van der Waals surface area contributed by atoms with Gasteiger partial charge in [-0.15, -0.1) is 0 Å². The molecular formula is C13H15N3O3. The summed E-state index contributed by atoms with van der Waals surface area (Å²) in [7, 11) is 0. The Morgan fingerprint density at radius 2 is 2.05 bits per heavy atom. The van der Waals surface area contributed by atoms with Gasteiger partial charge in [0, 0.05) is 0 Å². The first-order valence-corrected chi connectivity index (χ1v) is 6.18. The van der Waals surface area contributed by atoms with Crippen molar-refractivity contribution in [3.05, 3.63) is 47.6 Å². The molecule has 1 aliphatic heterocycles. The largest absolute Gasteiger partial charge is 0.376 e. The van der Waals surface area contributed by atoms with Gasteiger partial charge in [-0.3, -0.25) is 0 Å². The summed E-state index contributed by atoms with van der Waals surface area (Å²) in [5.74, 6) is 0.872. The third-order valence-corrected chi connectivity index (χ3v) is 2.99. The molecule has 0 spiro atoms. The Balaban J connectivity index is 1.77. The van der Waals surface area contributed by atoms with E-state index in [1.165, 1.54) is 0 Å². The van der Waals surface area contributed by atoms with Gasteiger partial charge >= 0.3 is 0 Å². The normalized spacial score (nSPS) is 21.2. The Morgan fingerprint density at radius 1 is 1.21 bits per heavy atom. The van der Waals surface area contributed by atoms with Crippen molar-refractivity contribution >= 4 is 0 Å². The number of hydrogen-bond donors (Lipinski definition) is 1. The summed E-state index contributed by atoms with van der Waals surface area (Å²) in [6, 6.07) is 9.20. The Morgan fingerprint density at radius 3 is 2.79 bits per heavy atom. The van der Waals surface area contributed by atoms with E-state index in [1.54, 1.807) is 0 Å². The van der Waals surface area contributed by atoms with Gasteiger partial charge in [-0.05, 0) is 5.56 Å². The van der Waals surface area contributed by atoms with E-state index in [0.29, 0.717) is 31.5 Å². The van der Waals surface area contributed by atoms with Crippen LogP contribution >= 0.6 is 0 Å². The van der Waals surface area contributed by atoms with Gasteiger partial charge in [-0.25, -0.2) is 0 Å². The van der Waals surface area contributed by atoms with Crippen molar-refractivity contribution in [2.45, 2.75) is 12.1 Å². The minimum atomic E-state index is -0.424. The van der Waals surface area contributed by atoms with Crippen LogP contribution in [0.4, 0.5) is 0 Å². The maximum absolute atomic E-state index is 6.09. The summed E-state index contributed by atoms with van der Waals surface area (Å²) < 4.78 is 16.0. The standard InChI is InChI=1S/C13H15N3O3/c14-11(9-4-2-1-3-5-9)13-15-12(16-19-13)10-8-17-6-7-18-10/h1-5,10-11H,6-8,14H2. The van der Waals surface area contributed by atoms with Crippen LogP contribution in [-0.2, 0) is 9.47 Å². The lowest BCUT2D eigenvalue weighted by Gasteiger charge is -2.19. The summed E-state index contributed by atoms with van der Waals surface area (Å²) in [6.07, 6.45) is -0.269. The highest BCUT2D eigenvalue weighted by Crippen LogP contribution is 2.22. The summed E-state index contributed by atoms with van der Waals surface area (Å²) in [6.45, 7) is 1.59. The second-order valence-corrected chi connectivity index (χ2v) is 4.31. The number of nitrogens with zero attached hydrogens (tertiary/aromatic N) is 2. The van der Waals surface area contributed by atoms with Crippen LogP contribution in [0.3, 0.4) is 0 Å². The molecule has 0 radical (unpaired) electrons. The molecule has 19 heavy (non-hydrogen) atoms. The highest BCUT2D eigenvalue weighted by atomic mass is 16.6. The van der Waals surface area contributed by atoms with E-state index in [4.69, 9.17) is 19.7 Å². The van der Waals surface area contributed by atoms with Crippen molar-refractivity contribution in [3.63, 3.8) is 0 Å². The van der Waals surface area contributed by atoms with Gasteiger partial charge in [0.05, 0.1) is 19.8 Å². The molecule has 1 saturated heterocycles. The number of hydrogen-bond acceptors (Lipinski definition) is 6. The summed E-state index contributed by atoms with van der Waals surface area (Å²) in [4.78, 5) is 4.30. The van der Waals surface area contributed by atoms with Crippen molar-refractivity contribution in [1.29, 1.82) is 0 Å². The molecule has 1 fully saturated rings. The first-order valence-electron chi connectivity index (χ1n) is 6.18. The van der Waals surface area contributed by atoms with Crippen molar-refractivity contribution in [1.82, 2.24) is 10.1 Å². The highest BCUT2D eigenvalue weighted by Gasteiger charge is 2.24. The zero-order chi connectivity index (χ0) is 13.1. The lowest BCUT2D eigenvalue weighted by atomic mass is 10.1. The van der Waals surface area contributed by atoms with Crippen molar-refractivity contribution < 1.29 is 14.0 Å². The lowest BCUT2D eigenvalue weighted by Crippen LogP contribution is -2.23. The molecular weight excluding hydrogens is 246 g/mol. The van der Waals surface area contributed by atoms with Gasteiger partial charge < -0.3 is 19.7 Å². The van der Waals surface area contributed by atoms with Crippen LogP contribution in [0.5, 0.6) is 0 Å². The smallest absolute Gasteiger partial charge is 0.248 e. The second-order valence-electron chi connectivity index (χ2n) is 4.31. The fraction of sp³-hybridized carbons (Fsp3) is 0.385. The molecule has 3 rings (SSSR count). The first-order chi connectivity index (χ1) is 9.34. The molecule has 1 aromatic heterocycles. The number of aromatic nitrogens is 2. The maximum atomic E-state index is 6.09. The van der Waals surface area contributed by atoms with Gasteiger partial charge in [-0.2, -0.15) is 4.98 Å². The van der Waals surface area contributed by atoms with E-state index < -0.39 is 6.04 Å². The summed E-state index contributed by atoms with van der Waals surface area (Å²) in [5, 5.41) is 3.92. The third-order valence-electron chi connectivity index (χ3n) is 2.99. The monoisotopic (exact) mass is 261 g/mol. The van der Waals surface area contributed by atoms with Crippen molar-refractivity contribution in [2.24, 2.45) is 5.73 Å². The van der Waals surface area contributed by atoms with Crippen LogP contribution in [0, 0.1) is 0 Å². The second kappa shape index (κ2) is 5.48. The Bertz CT molecular complexity index is 523. The first kappa shape index (κ1) is 12.3. The molecule has 0 amide bonds. The van der Waals surface area contributed by atoms with Crippen LogP contribution in [0.15, 0.2) is 34.9 Å². The van der Waals surface area contributed by atoms with Gasteiger partial charge in [0.15, 0.2) is 0 Å². The van der Waals surface area contributed by atoms with Crippen LogP contribution in [0.1, 0.15) is 29.4 Å². The molecule has 2 N–H and O–H groups in total. The van der Waals surface area contributed by atoms with E-state index in [0.717, 1.165) is 5.56 Å². The fourth-order valence-corrected chi connectivity index (χ4v) is 1.94. The molecule has 0 aliphatic carbocycles. The highest BCUT2D eigenvalue weighted by molar-refractivity contribution is 5.23. The average Bonchev–Trinajstić information content (AvgIpc) is 2.98. The predicted molar refractivity (Wildman–Crippen MR) is 66.3 cm³/mol. The van der Waals surface area contributed by atoms with E-state index >= 15 is 0 Å². The predicted octanol–water partition coefficient (Wildman–Crippen LogP) is 1.21. The number of rotatable bonds is 3. The lowest BCUT2D eigenvalue weighted by molar-refractivity contribution is -0.0941. The number of ether oxygens (including phenoxy) is 2. The third kappa shape index (κ3) is 2.65. The van der Waals surface area contributed by atoms with Crippen molar-refractivity contribution in [2.75, 3.05) is 19.8 Å². The van der Waals surface area contributed by atoms with Crippen LogP contribution in [-0.4, -0.2) is 30.0 Å². The molecule has 100 valence electrons. The Labute approximate surface area is 110 Å². The molecule has 2 unspecified atom stereocenters. The van der Waals surface area contributed by atoms with Gasteiger partial charge in [0.1, 0.15) is 12.1 Å². The molecule has 2 atom stereocenters. The molecule has 0 saturated carbocycles. The zero-order valence-corrected chi connectivity index (χ0v) is 10.4. The molecule has 1 aromatic carbocycles. The maximum Gasteiger partial charge on any atom is 0.248 e. The number of benzene rings is 1. The van der Waals surface area contributed by atoms with Crippen molar-refractivity contribution in [3.8, 4) is 0 Å². The van der Waals surface area contributed by atoms with Crippen LogP contribution in [0.25, 0.3) is 0 Å². The Hall–Kier alpha value is -1.76. The van der Waals surface area contributed by atoms with Crippen LogP contribution in [0.2, 0.25) is 0 Å². The molecule has 2 aromatic rings. The van der Waals surface area contributed by atoms with Crippen LogP contribution < -0.4 is 5.73 Å². The topological polar surface area (TPSA) is 83.4 Å². The fourth-order valence-electron chi connectivity index (χ4n) is 1.94. The summed E-state index contributed by atoms with van der Waals surface area (Å²) >= 11 is 0. The van der Waals surface area contributed by atoms with E-state index in [9.17, 15) is 0 Å². The minimum absolute atomic E-state index is 0.269. The molecule has 2 heterocycles. The molecule has 6 nitrogen and oxygen atoms in total. The molecule has 0 bridgehead atoms. The summed E-state index contributed by atoms with van der Waals surface area (Å²) in [5.41, 5.74) is 7.02. The van der Waals surface area contributed by atoms with Gasteiger partial charge in [-0.1, -0.05) is 35.5 Å². The molecule has 6 heteroatoms. The van der Waals surface area contributed by atoms with Gasteiger partial charge in [0.2, 0.25) is 11.7 Å². The van der Waals surface area contributed by atoms with Gasteiger partial charge in [0.25, 0.3) is 0 Å². The van der Waals surface area contributed by atoms with E-state index in [1.807, 2.05) is 30.3 Å². The SMILES string of the molecule is NC(c1ccccc1)c1nc(C2COCCO2)no1. The number of nitrogens with two attached hydrogens (primary N) is 1. The molecule has 1 aliphatic rings. The zero-order valence-electron chi connectivity index (χ0n) is 10.4. The quantitative estimate of drug-likeness (QED) is 0.894. The van der Waals surface area contributed by atoms with E-state index in [2.05, 4.69) is 10.1 Å². The van der Waals surface area contributed by atoms with E-state index in [-0.39, 0.29) is 6.10 Å². The minimum Gasteiger partial charge on any atom is -0.376 e. The Kier molecular flexibility index (Phi) is 3.54.